The zero-order valence-electron chi connectivity index (χ0n) is 9.51. The van der Waals surface area contributed by atoms with Crippen LogP contribution in [0.15, 0.2) is 30.8 Å². The highest BCUT2D eigenvalue weighted by molar-refractivity contribution is 5.94. The lowest BCUT2D eigenvalue weighted by Gasteiger charge is -2.03. The Morgan fingerprint density at radius 3 is 3.00 bits per heavy atom. The van der Waals surface area contributed by atoms with Gasteiger partial charge in [0.05, 0.1) is 12.1 Å². The van der Waals surface area contributed by atoms with Gasteiger partial charge in [0.25, 0.3) is 0 Å². The van der Waals surface area contributed by atoms with Gasteiger partial charge in [-0.3, -0.25) is 0 Å². The van der Waals surface area contributed by atoms with Gasteiger partial charge in [0, 0.05) is 5.39 Å². The summed E-state index contributed by atoms with van der Waals surface area (Å²) in [5.74, 6) is -0.458. The molecule has 1 heterocycles. The van der Waals surface area contributed by atoms with Gasteiger partial charge < -0.3 is 4.74 Å². The van der Waals surface area contributed by atoms with E-state index in [1.807, 2.05) is 18.2 Å². The van der Waals surface area contributed by atoms with Crippen LogP contribution in [0.5, 0.6) is 0 Å². The minimum Gasteiger partial charge on any atom is -0.461 e. The number of ether oxygens (including phenoxy) is 1. The number of benzene rings is 1. The molecule has 1 aromatic heterocycles. The molecule has 0 bridgehead atoms. The van der Waals surface area contributed by atoms with Crippen LogP contribution in [0.1, 0.15) is 23.0 Å². The van der Waals surface area contributed by atoms with Gasteiger partial charge >= 0.3 is 5.97 Å². The van der Waals surface area contributed by atoms with Gasteiger partial charge in [-0.25, -0.2) is 4.79 Å². The lowest BCUT2D eigenvalue weighted by molar-refractivity contribution is 0.0518. The molecule has 0 aliphatic carbocycles. The van der Waals surface area contributed by atoms with E-state index in [1.165, 1.54) is 0 Å². The van der Waals surface area contributed by atoms with Crippen LogP contribution in [-0.4, -0.2) is 22.8 Å². The zero-order chi connectivity index (χ0) is 12.3. The van der Waals surface area contributed by atoms with Crippen LogP contribution < -0.4 is 0 Å². The molecule has 0 saturated heterocycles. The van der Waals surface area contributed by atoms with Crippen LogP contribution in [0.25, 0.3) is 17.0 Å². The summed E-state index contributed by atoms with van der Waals surface area (Å²) in [7, 11) is 0. The lowest BCUT2D eigenvalue weighted by atomic mass is 10.1. The smallest absolute Gasteiger partial charge is 0.358 e. The maximum Gasteiger partial charge on any atom is 0.358 e. The van der Waals surface area contributed by atoms with E-state index < -0.39 is 5.97 Å². The summed E-state index contributed by atoms with van der Waals surface area (Å²) >= 11 is 0. The second-order valence-corrected chi connectivity index (χ2v) is 3.43. The quantitative estimate of drug-likeness (QED) is 0.757. The average molecular weight is 228 g/mol. The van der Waals surface area contributed by atoms with Gasteiger partial charge in [-0.1, -0.05) is 24.8 Å². The van der Waals surface area contributed by atoms with Crippen molar-refractivity contribution in [3.05, 3.63) is 42.1 Å². The highest BCUT2D eigenvalue weighted by Crippen LogP contribution is 2.18. The van der Waals surface area contributed by atoms with Crippen molar-refractivity contribution in [2.24, 2.45) is 0 Å². The monoisotopic (exact) mass is 228 g/mol. The molecule has 4 nitrogen and oxygen atoms in total. The molecular weight excluding hydrogens is 216 g/mol. The number of rotatable bonds is 3. The number of esters is 1. The van der Waals surface area contributed by atoms with Crippen LogP contribution in [-0.2, 0) is 4.74 Å². The first-order valence-corrected chi connectivity index (χ1v) is 5.32. The summed E-state index contributed by atoms with van der Waals surface area (Å²) in [6.45, 7) is 5.80. The molecule has 17 heavy (non-hydrogen) atoms. The fraction of sp³-hybridized carbons (Fsp3) is 0.154. The van der Waals surface area contributed by atoms with Gasteiger partial charge in [-0.2, -0.15) is 0 Å². The normalized spacial score (nSPS) is 10.2. The van der Waals surface area contributed by atoms with Gasteiger partial charge in [0.2, 0.25) is 0 Å². The summed E-state index contributed by atoms with van der Waals surface area (Å²) in [6, 6.07) is 7.30. The number of hydrogen-bond donors (Lipinski definition) is 0. The number of carbonyl (C=O) groups is 1. The number of aromatic nitrogens is 2. The predicted molar refractivity (Wildman–Crippen MR) is 65.6 cm³/mol. The first-order chi connectivity index (χ1) is 8.26. The van der Waals surface area contributed by atoms with Crippen LogP contribution in [0.4, 0.5) is 0 Å². The van der Waals surface area contributed by atoms with Crippen molar-refractivity contribution in [2.45, 2.75) is 6.92 Å². The van der Waals surface area contributed by atoms with E-state index in [0.29, 0.717) is 6.61 Å². The third kappa shape index (κ3) is 2.15. The highest BCUT2D eigenvalue weighted by atomic mass is 16.5. The summed E-state index contributed by atoms with van der Waals surface area (Å²) in [6.07, 6.45) is 1.72. The second kappa shape index (κ2) is 4.74. The number of carbonyl (C=O) groups excluding carboxylic acids is 1. The molecule has 86 valence electrons. The van der Waals surface area contributed by atoms with E-state index in [2.05, 4.69) is 16.8 Å². The standard InChI is InChI=1S/C13H12N2O2/c1-3-9-6-5-7-11-10(9)8-12(15-14-11)13(16)17-4-2/h3,5-8H,1,4H2,2H3. The van der Waals surface area contributed by atoms with E-state index in [-0.39, 0.29) is 5.69 Å². The largest absolute Gasteiger partial charge is 0.461 e. The topological polar surface area (TPSA) is 52.1 Å². The Kier molecular flexibility index (Phi) is 3.14. The molecule has 0 saturated carbocycles. The average Bonchev–Trinajstić information content (AvgIpc) is 2.37. The highest BCUT2D eigenvalue weighted by Gasteiger charge is 2.10. The van der Waals surface area contributed by atoms with Gasteiger partial charge in [0.1, 0.15) is 0 Å². The Morgan fingerprint density at radius 2 is 2.29 bits per heavy atom. The maximum atomic E-state index is 11.5. The molecule has 0 amide bonds. The molecule has 0 aliphatic heterocycles. The molecule has 0 spiro atoms. The Balaban J connectivity index is 2.55. The first-order valence-electron chi connectivity index (χ1n) is 5.32. The van der Waals surface area contributed by atoms with Crippen molar-refractivity contribution in [1.82, 2.24) is 10.2 Å². The van der Waals surface area contributed by atoms with E-state index >= 15 is 0 Å². The number of hydrogen-bond acceptors (Lipinski definition) is 4. The number of fused-ring (bicyclic) bond motifs is 1. The lowest BCUT2D eigenvalue weighted by Crippen LogP contribution is -2.08. The molecule has 1 aromatic carbocycles. The second-order valence-electron chi connectivity index (χ2n) is 3.43. The maximum absolute atomic E-state index is 11.5. The van der Waals surface area contributed by atoms with Crippen molar-refractivity contribution in [1.29, 1.82) is 0 Å². The predicted octanol–water partition coefficient (Wildman–Crippen LogP) is 2.45. The summed E-state index contributed by atoms with van der Waals surface area (Å²) < 4.78 is 4.88. The third-order valence-corrected chi connectivity index (χ3v) is 2.37. The molecule has 4 heteroatoms. The van der Waals surface area contributed by atoms with Crippen molar-refractivity contribution >= 4 is 22.9 Å². The molecule has 0 fully saturated rings. The summed E-state index contributed by atoms with van der Waals surface area (Å²) in [5, 5.41) is 8.68. The molecule has 0 unspecified atom stereocenters. The van der Waals surface area contributed by atoms with Gasteiger partial charge in [-0.05, 0) is 24.6 Å². The molecule has 2 rings (SSSR count). The number of nitrogens with zero attached hydrogens (tertiary/aromatic N) is 2. The van der Waals surface area contributed by atoms with Gasteiger partial charge in [-0.15, -0.1) is 10.2 Å². The Bertz CT molecular complexity index is 579. The Labute approximate surface area is 98.9 Å². The third-order valence-electron chi connectivity index (χ3n) is 2.37. The van der Waals surface area contributed by atoms with Crippen molar-refractivity contribution < 1.29 is 9.53 Å². The Hall–Kier alpha value is -2.23. The molecule has 0 atom stereocenters. The molecule has 0 N–H and O–H groups in total. The fourth-order valence-corrected chi connectivity index (χ4v) is 1.57. The van der Waals surface area contributed by atoms with E-state index in [1.54, 1.807) is 19.1 Å². The van der Waals surface area contributed by atoms with E-state index in [4.69, 9.17) is 4.74 Å². The Morgan fingerprint density at radius 1 is 1.47 bits per heavy atom. The molecule has 2 aromatic rings. The molecule has 0 radical (unpaired) electrons. The minimum atomic E-state index is -0.458. The van der Waals surface area contributed by atoms with Crippen molar-refractivity contribution in [2.75, 3.05) is 6.61 Å². The minimum absolute atomic E-state index is 0.216. The van der Waals surface area contributed by atoms with Crippen LogP contribution in [0.2, 0.25) is 0 Å². The summed E-state index contributed by atoms with van der Waals surface area (Å²) in [5.41, 5.74) is 1.87. The van der Waals surface area contributed by atoms with Crippen LogP contribution in [0, 0.1) is 0 Å². The first kappa shape index (κ1) is 11.3. The molecular formula is C13H12N2O2. The summed E-state index contributed by atoms with van der Waals surface area (Å²) in [4.78, 5) is 11.5. The SMILES string of the molecule is C=Cc1cccc2nnc(C(=O)OCC)cc12. The van der Waals surface area contributed by atoms with E-state index in [0.717, 1.165) is 16.5 Å². The fourth-order valence-electron chi connectivity index (χ4n) is 1.57. The van der Waals surface area contributed by atoms with Crippen molar-refractivity contribution in [3.8, 4) is 0 Å². The zero-order valence-corrected chi connectivity index (χ0v) is 9.51. The van der Waals surface area contributed by atoms with Crippen molar-refractivity contribution in [3.63, 3.8) is 0 Å². The van der Waals surface area contributed by atoms with Crippen LogP contribution in [0.3, 0.4) is 0 Å². The van der Waals surface area contributed by atoms with E-state index in [9.17, 15) is 4.79 Å². The van der Waals surface area contributed by atoms with Gasteiger partial charge in [0.15, 0.2) is 5.69 Å². The van der Waals surface area contributed by atoms with Crippen LogP contribution >= 0.6 is 0 Å². The molecule has 0 aliphatic rings.